The Morgan fingerprint density at radius 3 is 2.70 bits per heavy atom. The molecular formula is C14H13ClN2O3. The molecule has 0 atom stereocenters. The molecule has 2 aromatic rings. The Hall–Kier alpha value is -2.27. The number of methoxy groups -OCH3 is 1. The number of benzene rings is 1. The molecule has 5 nitrogen and oxygen atoms in total. The topological polar surface area (TPSA) is 62.7 Å². The van der Waals surface area contributed by atoms with Gasteiger partial charge in [-0.2, -0.15) is 0 Å². The Kier molecular flexibility index (Phi) is 4.10. The third-order valence-electron chi connectivity index (χ3n) is 2.87. The van der Waals surface area contributed by atoms with Crippen molar-refractivity contribution in [3.05, 3.63) is 47.1 Å². The minimum absolute atomic E-state index is 0.0124. The Bertz CT molecular complexity index is 646. The number of carboxylic acid groups (broad SMARTS) is 1. The van der Waals surface area contributed by atoms with Crippen LogP contribution < -0.4 is 9.64 Å². The summed E-state index contributed by atoms with van der Waals surface area (Å²) in [4.78, 5) is 16.9. The van der Waals surface area contributed by atoms with E-state index >= 15 is 0 Å². The number of para-hydroxylation sites is 2. The number of hydrogen-bond acceptors (Lipinski definition) is 4. The lowest BCUT2D eigenvalue weighted by Crippen LogP contribution is -2.14. The lowest BCUT2D eigenvalue weighted by molar-refractivity contribution is 0.0697. The minimum atomic E-state index is -1.09. The molecule has 0 saturated carbocycles. The summed E-state index contributed by atoms with van der Waals surface area (Å²) in [5.41, 5.74) is 0.755. The number of ether oxygens (including phenoxy) is 1. The summed E-state index contributed by atoms with van der Waals surface area (Å²) in [5, 5.41) is 9.18. The van der Waals surface area contributed by atoms with Gasteiger partial charge in [0.25, 0.3) is 0 Å². The van der Waals surface area contributed by atoms with E-state index in [1.165, 1.54) is 12.3 Å². The number of aromatic nitrogens is 1. The molecule has 0 amide bonds. The van der Waals surface area contributed by atoms with Crippen molar-refractivity contribution in [2.45, 2.75) is 0 Å². The molecule has 0 spiro atoms. The van der Waals surface area contributed by atoms with Gasteiger partial charge in [0.05, 0.1) is 23.4 Å². The molecule has 0 unspecified atom stereocenters. The van der Waals surface area contributed by atoms with E-state index in [9.17, 15) is 4.79 Å². The first-order valence-corrected chi connectivity index (χ1v) is 6.18. The first-order valence-electron chi connectivity index (χ1n) is 5.80. The number of nitrogens with zero attached hydrogens (tertiary/aromatic N) is 2. The average molecular weight is 293 g/mol. The summed E-state index contributed by atoms with van der Waals surface area (Å²) in [6.07, 6.45) is 1.41. The predicted molar refractivity (Wildman–Crippen MR) is 77.3 cm³/mol. The molecule has 2 rings (SSSR count). The number of rotatable bonds is 4. The number of halogens is 1. The standard InChI is InChI=1S/C14H13ClN2O3/c1-17(10-5-3-4-6-11(10)20-2)13-12(15)9(14(18)19)7-8-16-13/h3-8H,1-2H3,(H,18,19). The molecule has 0 bridgehead atoms. The Labute approximate surface area is 121 Å². The molecule has 0 saturated heterocycles. The summed E-state index contributed by atoms with van der Waals surface area (Å²) >= 11 is 6.12. The van der Waals surface area contributed by atoms with Crippen LogP contribution in [0.5, 0.6) is 5.75 Å². The van der Waals surface area contributed by atoms with Gasteiger partial charge in [0, 0.05) is 13.2 Å². The first kappa shape index (κ1) is 14.1. The van der Waals surface area contributed by atoms with Gasteiger partial charge in [-0.15, -0.1) is 0 Å². The van der Waals surface area contributed by atoms with Gasteiger partial charge in [-0.1, -0.05) is 23.7 Å². The van der Waals surface area contributed by atoms with Crippen LogP contribution in [0.15, 0.2) is 36.5 Å². The van der Waals surface area contributed by atoms with Crippen molar-refractivity contribution < 1.29 is 14.6 Å². The molecule has 0 aliphatic heterocycles. The lowest BCUT2D eigenvalue weighted by Gasteiger charge is -2.22. The number of anilines is 2. The summed E-state index contributed by atoms with van der Waals surface area (Å²) < 4.78 is 5.28. The van der Waals surface area contributed by atoms with Gasteiger partial charge >= 0.3 is 5.97 Å². The fourth-order valence-corrected chi connectivity index (χ4v) is 2.17. The van der Waals surface area contributed by atoms with E-state index in [0.29, 0.717) is 11.6 Å². The zero-order valence-corrected chi connectivity index (χ0v) is 11.8. The van der Waals surface area contributed by atoms with E-state index in [-0.39, 0.29) is 10.6 Å². The van der Waals surface area contributed by atoms with Crippen molar-refractivity contribution in [1.82, 2.24) is 4.98 Å². The largest absolute Gasteiger partial charge is 0.495 e. The molecule has 6 heteroatoms. The van der Waals surface area contributed by atoms with Crippen LogP contribution >= 0.6 is 11.6 Å². The molecular weight excluding hydrogens is 280 g/mol. The SMILES string of the molecule is COc1ccccc1N(C)c1nccc(C(=O)O)c1Cl. The summed E-state index contributed by atoms with van der Waals surface area (Å²) in [5.74, 6) is -0.0864. The second-order valence-electron chi connectivity index (χ2n) is 4.03. The predicted octanol–water partition coefficient (Wildman–Crippen LogP) is 3.21. The fourth-order valence-electron chi connectivity index (χ4n) is 1.85. The van der Waals surface area contributed by atoms with E-state index in [1.807, 2.05) is 18.2 Å². The van der Waals surface area contributed by atoms with Gasteiger partial charge in [-0.3, -0.25) is 0 Å². The van der Waals surface area contributed by atoms with Gasteiger partial charge in [0.1, 0.15) is 5.75 Å². The maximum absolute atomic E-state index is 11.1. The number of aromatic carboxylic acids is 1. The zero-order chi connectivity index (χ0) is 14.7. The molecule has 1 N–H and O–H groups in total. The van der Waals surface area contributed by atoms with Gasteiger partial charge in [-0.25, -0.2) is 9.78 Å². The Balaban J connectivity index is 2.51. The van der Waals surface area contributed by atoms with Crippen molar-refractivity contribution in [1.29, 1.82) is 0 Å². The molecule has 20 heavy (non-hydrogen) atoms. The van der Waals surface area contributed by atoms with Crippen molar-refractivity contribution in [2.75, 3.05) is 19.1 Å². The number of carbonyl (C=O) groups is 1. The van der Waals surface area contributed by atoms with E-state index in [2.05, 4.69) is 4.98 Å². The van der Waals surface area contributed by atoms with Gasteiger partial charge in [0.2, 0.25) is 0 Å². The summed E-state index contributed by atoms with van der Waals surface area (Å²) in [6.45, 7) is 0. The summed E-state index contributed by atoms with van der Waals surface area (Å²) in [6, 6.07) is 8.71. The van der Waals surface area contributed by atoms with E-state index in [0.717, 1.165) is 5.69 Å². The molecule has 1 aromatic heterocycles. The molecule has 1 heterocycles. The van der Waals surface area contributed by atoms with E-state index in [1.54, 1.807) is 25.1 Å². The van der Waals surface area contributed by atoms with Crippen molar-refractivity contribution in [3.63, 3.8) is 0 Å². The third-order valence-corrected chi connectivity index (χ3v) is 3.24. The van der Waals surface area contributed by atoms with Crippen molar-refractivity contribution >= 4 is 29.1 Å². The molecule has 104 valence electrons. The van der Waals surface area contributed by atoms with Gasteiger partial charge in [-0.05, 0) is 18.2 Å². The minimum Gasteiger partial charge on any atom is -0.495 e. The molecule has 0 radical (unpaired) electrons. The smallest absolute Gasteiger partial charge is 0.337 e. The highest BCUT2D eigenvalue weighted by Gasteiger charge is 2.18. The monoisotopic (exact) mass is 292 g/mol. The normalized spacial score (nSPS) is 10.2. The molecule has 1 aromatic carbocycles. The second kappa shape index (κ2) is 5.79. The van der Waals surface area contributed by atoms with Crippen LogP contribution in [0.3, 0.4) is 0 Å². The van der Waals surface area contributed by atoms with E-state index < -0.39 is 5.97 Å². The van der Waals surface area contributed by atoms with Crippen molar-refractivity contribution in [3.8, 4) is 5.75 Å². The number of hydrogen-bond donors (Lipinski definition) is 1. The number of pyridine rings is 1. The quantitative estimate of drug-likeness (QED) is 0.937. The highest BCUT2D eigenvalue weighted by Crippen LogP contribution is 2.35. The molecule has 0 fully saturated rings. The van der Waals surface area contributed by atoms with Crippen LogP contribution in [0.2, 0.25) is 5.02 Å². The van der Waals surface area contributed by atoms with Gasteiger partial charge in [0.15, 0.2) is 5.82 Å². The lowest BCUT2D eigenvalue weighted by atomic mass is 10.2. The Morgan fingerprint density at radius 1 is 1.35 bits per heavy atom. The van der Waals surface area contributed by atoms with Crippen LogP contribution in [-0.2, 0) is 0 Å². The maximum atomic E-state index is 11.1. The van der Waals surface area contributed by atoms with Crippen LogP contribution in [0.4, 0.5) is 11.5 Å². The van der Waals surface area contributed by atoms with Crippen LogP contribution in [0, 0.1) is 0 Å². The van der Waals surface area contributed by atoms with E-state index in [4.69, 9.17) is 21.4 Å². The first-order chi connectivity index (χ1) is 9.56. The average Bonchev–Trinajstić information content (AvgIpc) is 2.46. The Morgan fingerprint density at radius 2 is 2.05 bits per heavy atom. The summed E-state index contributed by atoms with van der Waals surface area (Å²) in [7, 11) is 3.31. The van der Waals surface area contributed by atoms with Gasteiger partial charge < -0.3 is 14.7 Å². The highest BCUT2D eigenvalue weighted by atomic mass is 35.5. The number of carboxylic acids is 1. The van der Waals surface area contributed by atoms with Crippen LogP contribution in [0.1, 0.15) is 10.4 Å². The van der Waals surface area contributed by atoms with Crippen LogP contribution in [-0.4, -0.2) is 30.2 Å². The van der Waals surface area contributed by atoms with Crippen LogP contribution in [0.25, 0.3) is 0 Å². The third kappa shape index (κ3) is 2.53. The second-order valence-corrected chi connectivity index (χ2v) is 4.41. The molecule has 0 aliphatic rings. The maximum Gasteiger partial charge on any atom is 0.337 e. The highest BCUT2D eigenvalue weighted by molar-refractivity contribution is 6.36. The fraction of sp³-hybridized carbons (Fsp3) is 0.143. The van der Waals surface area contributed by atoms with Crippen molar-refractivity contribution in [2.24, 2.45) is 0 Å². The zero-order valence-electron chi connectivity index (χ0n) is 11.0. The molecule has 0 aliphatic carbocycles.